The highest BCUT2D eigenvalue weighted by molar-refractivity contribution is 5.64. The van der Waals surface area contributed by atoms with Crippen LogP contribution in [-0.4, -0.2) is 37.1 Å². The summed E-state index contributed by atoms with van der Waals surface area (Å²) in [7, 11) is 1.68. The van der Waals surface area contributed by atoms with Crippen molar-refractivity contribution in [3.63, 3.8) is 0 Å². The zero-order chi connectivity index (χ0) is 15.2. The minimum absolute atomic E-state index is 0.626. The molecule has 118 valence electrons. The zero-order valence-corrected chi connectivity index (χ0v) is 13.0. The van der Waals surface area contributed by atoms with Gasteiger partial charge in [-0.25, -0.2) is 0 Å². The fourth-order valence-corrected chi connectivity index (χ4v) is 2.85. The van der Waals surface area contributed by atoms with E-state index in [0.717, 1.165) is 43.3 Å². The van der Waals surface area contributed by atoms with E-state index in [2.05, 4.69) is 21.6 Å². The summed E-state index contributed by atoms with van der Waals surface area (Å²) in [6.45, 7) is 3.58. The van der Waals surface area contributed by atoms with E-state index in [1.54, 1.807) is 7.11 Å². The van der Waals surface area contributed by atoms with E-state index < -0.39 is 0 Å². The highest BCUT2D eigenvalue weighted by Crippen LogP contribution is 2.25. The fourth-order valence-electron chi connectivity index (χ4n) is 2.85. The molecule has 0 aliphatic carbocycles. The van der Waals surface area contributed by atoms with Gasteiger partial charge in [0.15, 0.2) is 0 Å². The lowest BCUT2D eigenvalue weighted by atomic mass is 10.0. The molecule has 1 saturated heterocycles. The molecule has 0 spiro atoms. The Morgan fingerprint density at radius 3 is 3.23 bits per heavy atom. The highest BCUT2D eigenvalue weighted by atomic mass is 16.5. The van der Waals surface area contributed by atoms with Crippen LogP contribution in [-0.2, 0) is 11.3 Å². The van der Waals surface area contributed by atoms with Crippen molar-refractivity contribution in [3.05, 3.63) is 36.0 Å². The first-order valence-electron chi connectivity index (χ1n) is 7.82. The van der Waals surface area contributed by atoms with Gasteiger partial charge in [0.1, 0.15) is 5.75 Å². The largest absolute Gasteiger partial charge is 0.497 e. The topological polar surface area (TPSA) is 59.2 Å². The summed E-state index contributed by atoms with van der Waals surface area (Å²) in [6.07, 6.45) is 4.31. The predicted molar refractivity (Wildman–Crippen MR) is 85.8 cm³/mol. The van der Waals surface area contributed by atoms with Crippen LogP contribution in [0.2, 0.25) is 0 Å². The molecule has 1 aliphatic heterocycles. The van der Waals surface area contributed by atoms with Gasteiger partial charge >= 0.3 is 0 Å². The van der Waals surface area contributed by atoms with Gasteiger partial charge in [0.25, 0.3) is 0 Å². The maximum Gasteiger partial charge on any atom is 0.119 e. The summed E-state index contributed by atoms with van der Waals surface area (Å²) in [5, 5.41) is 10.8. The van der Waals surface area contributed by atoms with Gasteiger partial charge in [0.2, 0.25) is 0 Å². The fraction of sp³-hybridized carbons (Fsp3) is 0.471. The number of hydrogen-bond acceptors (Lipinski definition) is 4. The summed E-state index contributed by atoms with van der Waals surface area (Å²) in [5.74, 6) is 1.48. The van der Waals surface area contributed by atoms with Crippen molar-refractivity contribution in [2.45, 2.75) is 19.4 Å². The summed E-state index contributed by atoms with van der Waals surface area (Å²) in [5.41, 5.74) is 3.31. The van der Waals surface area contributed by atoms with E-state index >= 15 is 0 Å². The number of methoxy groups -OCH3 is 1. The molecule has 22 heavy (non-hydrogen) atoms. The molecule has 2 N–H and O–H groups in total. The average molecular weight is 301 g/mol. The molecule has 0 bridgehead atoms. The quantitative estimate of drug-likeness (QED) is 0.861. The van der Waals surface area contributed by atoms with E-state index in [1.165, 1.54) is 18.4 Å². The van der Waals surface area contributed by atoms with E-state index in [-0.39, 0.29) is 0 Å². The number of nitrogens with one attached hydrogen (secondary N) is 2. The maximum absolute atomic E-state index is 5.52. The second-order valence-electron chi connectivity index (χ2n) is 5.72. The molecule has 1 fully saturated rings. The molecule has 1 aliphatic rings. The van der Waals surface area contributed by atoms with Crippen molar-refractivity contribution in [2.24, 2.45) is 5.92 Å². The number of benzene rings is 1. The normalized spacial score (nSPS) is 18.3. The molecule has 3 rings (SSSR count). The Hall–Kier alpha value is -1.85. The lowest BCUT2D eigenvalue weighted by Crippen LogP contribution is -2.28. The van der Waals surface area contributed by atoms with Crippen LogP contribution in [0.15, 0.2) is 30.5 Å². The Balaban J connectivity index is 1.61. The van der Waals surface area contributed by atoms with Gasteiger partial charge in [-0.05, 0) is 30.9 Å². The molecule has 1 aromatic carbocycles. The molecule has 1 aromatic heterocycles. The lowest BCUT2D eigenvalue weighted by Gasteiger charge is -2.22. The van der Waals surface area contributed by atoms with E-state index in [4.69, 9.17) is 9.47 Å². The van der Waals surface area contributed by atoms with Crippen LogP contribution in [0.3, 0.4) is 0 Å². The second kappa shape index (κ2) is 7.42. The van der Waals surface area contributed by atoms with E-state index in [0.29, 0.717) is 5.92 Å². The van der Waals surface area contributed by atoms with Crippen LogP contribution in [0.5, 0.6) is 5.75 Å². The number of hydrogen-bond donors (Lipinski definition) is 2. The summed E-state index contributed by atoms with van der Waals surface area (Å²) < 4.78 is 10.8. The number of nitrogens with zero attached hydrogens (tertiary/aromatic N) is 1. The van der Waals surface area contributed by atoms with Gasteiger partial charge in [-0.3, -0.25) is 5.10 Å². The number of rotatable bonds is 6. The van der Waals surface area contributed by atoms with Gasteiger partial charge in [-0.2, -0.15) is 5.10 Å². The third kappa shape index (κ3) is 3.67. The van der Waals surface area contributed by atoms with Crippen molar-refractivity contribution in [2.75, 3.05) is 26.9 Å². The Bertz CT molecular complexity index is 591. The molecule has 1 atom stereocenters. The highest BCUT2D eigenvalue weighted by Gasteiger charge is 2.14. The average Bonchev–Trinajstić information content (AvgIpc) is 3.04. The zero-order valence-electron chi connectivity index (χ0n) is 13.0. The van der Waals surface area contributed by atoms with Crippen molar-refractivity contribution < 1.29 is 9.47 Å². The monoisotopic (exact) mass is 301 g/mol. The van der Waals surface area contributed by atoms with Crippen LogP contribution in [0, 0.1) is 5.92 Å². The molecule has 0 amide bonds. The summed E-state index contributed by atoms with van der Waals surface area (Å²) in [6, 6.07) is 8.02. The standard InChI is InChI=1S/C17H23N3O2/c1-21-16-6-2-5-14(8-16)17-15(11-19-20-17)10-18-9-13-4-3-7-22-12-13/h2,5-6,8,11,13,18H,3-4,7,9-10,12H2,1H3,(H,19,20)/t13-/m0/s1. The Labute approximate surface area is 131 Å². The number of aromatic nitrogens is 2. The van der Waals surface area contributed by atoms with Crippen molar-refractivity contribution in [1.82, 2.24) is 15.5 Å². The van der Waals surface area contributed by atoms with Gasteiger partial charge < -0.3 is 14.8 Å². The third-order valence-electron chi connectivity index (χ3n) is 4.08. The molecule has 5 nitrogen and oxygen atoms in total. The van der Waals surface area contributed by atoms with Gasteiger partial charge in [0, 0.05) is 30.8 Å². The molecule has 2 heterocycles. The smallest absolute Gasteiger partial charge is 0.119 e. The van der Waals surface area contributed by atoms with Crippen molar-refractivity contribution in [3.8, 4) is 17.0 Å². The van der Waals surface area contributed by atoms with Crippen molar-refractivity contribution >= 4 is 0 Å². The molecular weight excluding hydrogens is 278 g/mol. The third-order valence-corrected chi connectivity index (χ3v) is 4.08. The first kappa shape index (κ1) is 15.1. The van der Waals surface area contributed by atoms with Gasteiger partial charge in [0.05, 0.1) is 25.6 Å². The Morgan fingerprint density at radius 2 is 2.41 bits per heavy atom. The summed E-state index contributed by atoms with van der Waals surface area (Å²) in [4.78, 5) is 0. The van der Waals surface area contributed by atoms with E-state index in [1.807, 2.05) is 24.4 Å². The summed E-state index contributed by atoms with van der Waals surface area (Å²) >= 11 is 0. The maximum atomic E-state index is 5.52. The second-order valence-corrected chi connectivity index (χ2v) is 5.72. The van der Waals surface area contributed by atoms with Crippen LogP contribution in [0.25, 0.3) is 11.3 Å². The van der Waals surface area contributed by atoms with Crippen LogP contribution in [0.4, 0.5) is 0 Å². The van der Waals surface area contributed by atoms with Crippen LogP contribution < -0.4 is 10.1 Å². The SMILES string of the molecule is COc1cccc(-c2[nH]ncc2CNC[C@@H]2CCCOC2)c1. The first-order valence-corrected chi connectivity index (χ1v) is 7.82. The van der Waals surface area contributed by atoms with Crippen LogP contribution >= 0.6 is 0 Å². The molecule has 0 saturated carbocycles. The first-order chi connectivity index (χ1) is 10.9. The molecular formula is C17H23N3O2. The molecule has 2 aromatic rings. The number of ether oxygens (including phenoxy) is 2. The van der Waals surface area contributed by atoms with Crippen molar-refractivity contribution in [1.29, 1.82) is 0 Å². The lowest BCUT2D eigenvalue weighted by molar-refractivity contribution is 0.0547. The minimum Gasteiger partial charge on any atom is -0.497 e. The number of aromatic amines is 1. The van der Waals surface area contributed by atoms with E-state index in [9.17, 15) is 0 Å². The minimum atomic E-state index is 0.626. The van der Waals surface area contributed by atoms with Gasteiger partial charge in [-0.1, -0.05) is 12.1 Å². The molecule has 5 heteroatoms. The Kier molecular flexibility index (Phi) is 5.08. The molecule has 0 radical (unpaired) electrons. The van der Waals surface area contributed by atoms with Crippen LogP contribution in [0.1, 0.15) is 18.4 Å². The van der Waals surface area contributed by atoms with Gasteiger partial charge in [-0.15, -0.1) is 0 Å². The Morgan fingerprint density at radius 1 is 1.45 bits per heavy atom. The predicted octanol–water partition coefficient (Wildman–Crippen LogP) is 2.60. The number of H-pyrrole nitrogens is 1. The molecule has 0 unspecified atom stereocenters.